The SMILES string of the molecule is Cc1cc(C(=O)OCc2ccccc2)cc[n+]1I. The summed E-state index contributed by atoms with van der Waals surface area (Å²) in [5.41, 5.74) is 2.57. The number of hydrogen-bond acceptors (Lipinski definition) is 2. The largest absolute Gasteiger partial charge is 0.457 e. The molecule has 0 aliphatic rings. The Bertz CT molecular complexity index is 555. The fourth-order valence-corrected chi connectivity index (χ4v) is 1.83. The number of rotatable bonds is 3. The first-order chi connectivity index (χ1) is 8.66. The highest BCUT2D eigenvalue weighted by atomic mass is 127. The highest BCUT2D eigenvalue weighted by Gasteiger charge is 2.12. The van der Waals surface area contributed by atoms with Crippen LogP contribution in [-0.4, -0.2) is 5.97 Å². The zero-order chi connectivity index (χ0) is 13.0. The summed E-state index contributed by atoms with van der Waals surface area (Å²) < 4.78 is 7.18. The third-order valence-electron chi connectivity index (χ3n) is 2.53. The maximum atomic E-state index is 11.8. The Hall–Kier alpha value is -1.43. The molecule has 0 spiro atoms. The van der Waals surface area contributed by atoms with E-state index in [9.17, 15) is 4.79 Å². The van der Waals surface area contributed by atoms with Gasteiger partial charge in [0.05, 0.1) is 5.56 Å². The average Bonchev–Trinajstić information content (AvgIpc) is 2.40. The van der Waals surface area contributed by atoms with Crippen LogP contribution in [0.1, 0.15) is 21.6 Å². The van der Waals surface area contributed by atoms with Crippen molar-refractivity contribution in [2.24, 2.45) is 0 Å². The van der Waals surface area contributed by atoms with Gasteiger partial charge in [-0.05, 0) is 5.56 Å². The Kier molecular flexibility index (Phi) is 4.30. The summed E-state index contributed by atoms with van der Waals surface area (Å²) in [6, 6.07) is 13.2. The molecule has 92 valence electrons. The van der Waals surface area contributed by atoms with Gasteiger partial charge in [-0.3, -0.25) is 0 Å². The number of hydrogen-bond donors (Lipinski definition) is 0. The van der Waals surface area contributed by atoms with Crippen molar-refractivity contribution in [3.8, 4) is 0 Å². The Labute approximate surface area is 120 Å². The van der Waals surface area contributed by atoms with Crippen molar-refractivity contribution < 1.29 is 12.3 Å². The van der Waals surface area contributed by atoms with Crippen LogP contribution in [0.4, 0.5) is 0 Å². The van der Waals surface area contributed by atoms with Gasteiger partial charge >= 0.3 is 28.8 Å². The van der Waals surface area contributed by atoms with Crippen molar-refractivity contribution in [1.29, 1.82) is 0 Å². The van der Waals surface area contributed by atoms with Crippen LogP contribution in [0, 0.1) is 6.92 Å². The summed E-state index contributed by atoms with van der Waals surface area (Å²) in [4.78, 5) is 11.8. The van der Waals surface area contributed by atoms with Crippen molar-refractivity contribution in [1.82, 2.24) is 0 Å². The number of aromatic nitrogens is 1. The van der Waals surface area contributed by atoms with Crippen LogP contribution in [-0.2, 0) is 11.3 Å². The van der Waals surface area contributed by atoms with Crippen molar-refractivity contribution in [3.63, 3.8) is 0 Å². The van der Waals surface area contributed by atoms with E-state index in [0.29, 0.717) is 12.2 Å². The Morgan fingerprint density at radius 3 is 2.67 bits per heavy atom. The third kappa shape index (κ3) is 3.29. The summed E-state index contributed by atoms with van der Waals surface area (Å²) in [6.45, 7) is 2.25. The smallest absolute Gasteiger partial charge is 0.354 e. The molecule has 0 atom stereocenters. The zero-order valence-electron chi connectivity index (χ0n) is 9.97. The fourth-order valence-electron chi connectivity index (χ4n) is 1.53. The van der Waals surface area contributed by atoms with Crippen LogP contribution in [0.3, 0.4) is 0 Å². The number of carbonyl (C=O) groups excluding carboxylic acids is 1. The zero-order valence-corrected chi connectivity index (χ0v) is 12.1. The van der Waals surface area contributed by atoms with Crippen LogP contribution in [0.25, 0.3) is 0 Å². The predicted molar refractivity (Wildman–Crippen MR) is 76.4 cm³/mol. The lowest BCUT2D eigenvalue weighted by Gasteiger charge is -2.04. The minimum absolute atomic E-state index is 0.293. The summed E-state index contributed by atoms with van der Waals surface area (Å²) in [5, 5.41) is 0. The van der Waals surface area contributed by atoms with Gasteiger partial charge in [0.1, 0.15) is 6.61 Å². The highest BCUT2D eigenvalue weighted by molar-refractivity contribution is 14.1. The van der Waals surface area contributed by atoms with Crippen LogP contribution in [0.5, 0.6) is 0 Å². The van der Waals surface area contributed by atoms with Gasteiger partial charge in [0.2, 0.25) is 0 Å². The van der Waals surface area contributed by atoms with Crippen LogP contribution >= 0.6 is 22.9 Å². The van der Waals surface area contributed by atoms with Crippen LogP contribution in [0.2, 0.25) is 0 Å². The second kappa shape index (κ2) is 5.95. The molecule has 4 heteroatoms. The fraction of sp³-hybridized carbons (Fsp3) is 0.143. The number of ether oxygens (including phenoxy) is 1. The van der Waals surface area contributed by atoms with Gasteiger partial charge in [0, 0.05) is 19.1 Å². The van der Waals surface area contributed by atoms with E-state index in [1.165, 1.54) is 0 Å². The first-order valence-corrected chi connectivity index (χ1v) is 6.53. The van der Waals surface area contributed by atoms with E-state index >= 15 is 0 Å². The minimum Gasteiger partial charge on any atom is -0.457 e. The third-order valence-corrected chi connectivity index (χ3v) is 3.62. The molecule has 18 heavy (non-hydrogen) atoms. The van der Waals surface area contributed by atoms with Crippen LogP contribution in [0.15, 0.2) is 48.7 Å². The molecule has 2 aromatic rings. The maximum Gasteiger partial charge on any atom is 0.354 e. The van der Waals surface area contributed by atoms with Gasteiger partial charge < -0.3 is 4.74 Å². The van der Waals surface area contributed by atoms with Crippen molar-refractivity contribution in [3.05, 3.63) is 65.5 Å². The van der Waals surface area contributed by atoms with E-state index in [0.717, 1.165) is 11.3 Å². The molecule has 2 rings (SSSR count). The van der Waals surface area contributed by atoms with Crippen molar-refractivity contribution in [2.45, 2.75) is 13.5 Å². The molecule has 0 bridgehead atoms. The Morgan fingerprint density at radius 2 is 2.00 bits per heavy atom. The molecular formula is C14H13INO2+. The molecule has 0 aliphatic heterocycles. The van der Waals surface area contributed by atoms with Crippen molar-refractivity contribution >= 4 is 28.8 Å². The van der Waals surface area contributed by atoms with E-state index in [2.05, 4.69) is 22.9 Å². The van der Waals surface area contributed by atoms with Gasteiger partial charge in [0.15, 0.2) is 11.9 Å². The van der Waals surface area contributed by atoms with Crippen molar-refractivity contribution in [2.75, 3.05) is 0 Å². The highest BCUT2D eigenvalue weighted by Crippen LogP contribution is 2.06. The number of benzene rings is 1. The number of carbonyl (C=O) groups is 1. The molecule has 3 nitrogen and oxygen atoms in total. The molecule has 1 aromatic carbocycles. The topological polar surface area (TPSA) is 30.2 Å². The van der Waals surface area contributed by atoms with Gasteiger partial charge in [-0.2, -0.15) is 0 Å². The molecule has 0 amide bonds. The first kappa shape index (κ1) is 13.0. The molecular weight excluding hydrogens is 341 g/mol. The van der Waals surface area contributed by atoms with Crippen LogP contribution < -0.4 is 2.78 Å². The summed E-state index contributed by atoms with van der Waals surface area (Å²) in [5.74, 6) is -0.293. The summed E-state index contributed by atoms with van der Waals surface area (Å²) in [7, 11) is 0. The van der Waals surface area contributed by atoms with Gasteiger partial charge in [-0.15, -0.1) is 2.78 Å². The molecule has 0 radical (unpaired) electrons. The molecule has 0 saturated heterocycles. The molecule has 0 fully saturated rings. The maximum absolute atomic E-state index is 11.8. The first-order valence-electron chi connectivity index (χ1n) is 5.56. The average molecular weight is 354 g/mol. The summed E-state index contributed by atoms with van der Waals surface area (Å²) in [6.07, 6.45) is 1.84. The predicted octanol–water partition coefficient (Wildman–Crippen LogP) is 2.84. The standard InChI is InChI=1S/C14H13INO2/c1-11-9-13(7-8-16(11)15)14(17)18-10-12-5-3-2-4-6-12/h2-9H,10H2,1H3/q+1. The lowest BCUT2D eigenvalue weighted by Crippen LogP contribution is -2.23. The number of halogens is 1. The minimum atomic E-state index is -0.293. The molecule has 0 unspecified atom stereocenters. The second-order valence-electron chi connectivity index (χ2n) is 3.93. The lowest BCUT2D eigenvalue weighted by atomic mass is 10.2. The van der Waals surface area contributed by atoms with Gasteiger partial charge in [0.25, 0.3) is 0 Å². The number of esters is 1. The molecule has 0 saturated carbocycles. The molecule has 1 aromatic heterocycles. The molecule has 0 aliphatic carbocycles. The van der Waals surface area contributed by atoms with Gasteiger partial charge in [-0.25, -0.2) is 4.79 Å². The monoisotopic (exact) mass is 354 g/mol. The summed E-state index contributed by atoms with van der Waals surface area (Å²) >= 11 is 2.16. The number of aryl methyl sites for hydroxylation is 1. The number of pyridine rings is 1. The normalized spacial score (nSPS) is 10.1. The van der Waals surface area contributed by atoms with E-state index in [4.69, 9.17) is 4.74 Å². The van der Waals surface area contributed by atoms with E-state index in [-0.39, 0.29) is 5.97 Å². The second-order valence-corrected chi connectivity index (χ2v) is 4.97. The quantitative estimate of drug-likeness (QED) is 0.627. The lowest BCUT2D eigenvalue weighted by molar-refractivity contribution is -0.449. The number of nitrogens with zero attached hydrogens (tertiary/aromatic N) is 1. The Balaban J connectivity index is 2.02. The molecule has 1 heterocycles. The van der Waals surface area contributed by atoms with E-state index in [1.54, 1.807) is 6.07 Å². The molecule has 0 N–H and O–H groups in total. The Morgan fingerprint density at radius 1 is 1.28 bits per heavy atom. The van der Waals surface area contributed by atoms with Gasteiger partial charge in [-0.1, -0.05) is 30.3 Å². The van der Waals surface area contributed by atoms with E-state index in [1.807, 2.05) is 52.3 Å². The van der Waals surface area contributed by atoms with E-state index < -0.39 is 0 Å².